The summed E-state index contributed by atoms with van der Waals surface area (Å²) in [7, 11) is 0. The second-order valence-electron chi connectivity index (χ2n) is 3.83. The first-order valence-corrected chi connectivity index (χ1v) is 7.29. The second kappa shape index (κ2) is 6.97. The number of hydrogen-bond donors (Lipinski definition) is 3. The Labute approximate surface area is 126 Å². The summed E-state index contributed by atoms with van der Waals surface area (Å²) >= 11 is 6.46. The molecule has 0 atom stereocenters. The van der Waals surface area contributed by atoms with E-state index in [4.69, 9.17) is 12.2 Å². The highest BCUT2D eigenvalue weighted by atomic mass is 32.1. The third-order valence-corrected chi connectivity index (χ3v) is 3.57. The van der Waals surface area contributed by atoms with Gasteiger partial charge in [-0.3, -0.25) is 15.6 Å². The third kappa shape index (κ3) is 4.01. The molecule has 0 aliphatic carbocycles. The minimum absolute atomic E-state index is 0.287. The van der Waals surface area contributed by atoms with Crippen LogP contribution >= 0.6 is 23.6 Å². The smallest absolute Gasteiger partial charge is 0.262 e. The van der Waals surface area contributed by atoms with Crippen LogP contribution in [-0.2, 0) is 4.79 Å². The highest BCUT2D eigenvalue weighted by molar-refractivity contribution is 7.80. The predicted molar refractivity (Wildman–Crippen MR) is 86.2 cm³/mol. The zero-order valence-corrected chi connectivity index (χ0v) is 12.5. The molecule has 0 saturated carbocycles. The molecule has 20 heavy (non-hydrogen) atoms. The summed E-state index contributed by atoms with van der Waals surface area (Å²) in [6.45, 7) is 2.62. The molecule has 104 valence electrons. The molecule has 2 rings (SSSR count). The van der Waals surface area contributed by atoms with Gasteiger partial charge in [0.1, 0.15) is 5.01 Å². The Morgan fingerprint density at radius 1 is 1.40 bits per heavy atom. The topological polar surface area (TPSA) is 66.0 Å². The van der Waals surface area contributed by atoms with Crippen molar-refractivity contribution >= 4 is 50.9 Å². The molecule has 1 heterocycles. The van der Waals surface area contributed by atoms with Gasteiger partial charge in [0.15, 0.2) is 5.11 Å². The van der Waals surface area contributed by atoms with Crippen LogP contribution in [0.4, 0.5) is 0 Å². The van der Waals surface area contributed by atoms with E-state index in [1.165, 1.54) is 17.4 Å². The van der Waals surface area contributed by atoms with Gasteiger partial charge in [0.05, 0.1) is 10.2 Å². The van der Waals surface area contributed by atoms with E-state index >= 15 is 0 Å². The molecule has 0 bridgehead atoms. The second-order valence-corrected chi connectivity index (χ2v) is 5.30. The fraction of sp³-hybridized carbons (Fsp3) is 0.154. The van der Waals surface area contributed by atoms with Crippen molar-refractivity contribution in [3.05, 3.63) is 35.3 Å². The number of benzene rings is 1. The Kier molecular flexibility index (Phi) is 5.03. The number of fused-ring (bicyclic) bond motifs is 1. The molecule has 7 heteroatoms. The zero-order chi connectivity index (χ0) is 14.4. The highest BCUT2D eigenvalue weighted by Gasteiger charge is 2.01. The van der Waals surface area contributed by atoms with Gasteiger partial charge >= 0.3 is 0 Å². The number of para-hydroxylation sites is 1. The number of rotatable bonds is 3. The normalized spacial score (nSPS) is 10.7. The number of hydrazine groups is 1. The van der Waals surface area contributed by atoms with Crippen LogP contribution in [0.25, 0.3) is 16.3 Å². The summed E-state index contributed by atoms with van der Waals surface area (Å²) in [6.07, 6.45) is 3.09. The van der Waals surface area contributed by atoms with Gasteiger partial charge in [0.25, 0.3) is 5.91 Å². The largest absolute Gasteiger partial charge is 0.362 e. The molecule has 0 saturated heterocycles. The summed E-state index contributed by atoms with van der Waals surface area (Å²) in [5.74, 6) is -0.287. The molecular weight excluding hydrogens is 292 g/mol. The molecule has 0 aliphatic heterocycles. The fourth-order valence-electron chi connectivity index (χ4n) is 1.47. The minimum atomic E-state index is -0.287. The molecule has 0 radical (unpaired) electrons. The maximum absolute atomic E-state index is 11.6. The maximum Gasteiger partial charge on any atom is 0.262 e. The van der Waals surface area contributed by atoms with Gasteiger partial charge in [-0.25, -0.2) is 4.98 Å². The van der Waals surface area contributed by atoms with Crippen LogP contribution < -0.4 is 16.2 Å². The van der Waals surface area contributed by atoms with Crippen LogP contribution in [0, 0.1) is 0 Å². The first-order chi connectivity index (χ1) is 9.69. The highest BCUT2D eigenvalue weighted by Crippen LogP contribution is 2.22. The number of nitrogens with zero attached hydrogens (tertiary/aromatic N) is 1. The van der Waals surface area contributed by atoms with Crippen LogP contribution in [0.3, 0.4) is 0 Å². The van der Waals surface area contributed by atoms with Crippen molar-refractivity contribution in [3.63, 3.8) is 0 Å². The lowest BCUT2D eigenvalue weighted by molar-refractivity contribution is -0.116. The summed E-state index contributed by atoms with van der Waals surface area (Å²) < 4.78 is 1.10. The number of hydrogen-bond acceptors (Lipinski definition) is 4. The van der Waals surface area contributed by atoms with E-state index in [1.807, 2.05) is 31.2 Å². The van der Waals surface area contributed by atoms with Crippen LogP contribution in [0.1, 0.15) is 11.9 Å². The molecule has 1 aromatic carbocycles. The standard InChI is InChI=1S/C13H14N4OS2/c1-2-14-13(19)17-16-11(18)7-8-12-15-9-5-3-4-6-10(9)20-12/h3-8H,2H2,1H3,(H,16,18)(H2,14,17,19)/b8-7+. The summed E-state index contributed by atoms with van der Waals surface area (Å²) in [5.41, 5.74) is 6.00. The lowest BCUT2D eigenvalue weighted by atomic mass is 10.3. The summed E-state index contributed by atoms with van der Waals surface area (Å²) in [4.78, 5) is 16.0. The molecule has 0 spiro atoms. The number of amides is 1. The monoisotopic (exact) mass is 306 g/mol. The van der Waals surface area contributed by atoms with E-state index in [9.17, 15) is 4.79 Å². The molecule has 0 unspecified atom stereocenters. The Morgan fingerprint density at radius 2 is 2.20 bits per heavy atom. The molecule has 5 nitrogen and oxygen atoms in total. The van der Waals surface area contributed by atoms with Gasteiger partial charge in [-0.2, -0.15) is 0 Å². The van der Waals surface area contributed by atoms with Crippen molar-refractivity contribution < 1.29 is 4.79 Å². The van der Waals surface area contributed by atoms with E-state index in [-0.39, 0.29) is 5.91 Å². The quantitative estimate of drug-likeness (QED) is 0.459. The summed E-state index contributed by atoms with van der Waals surface area (Å²) in [5, 5.41) is 4.03. The Bertz CT molecular complexity index is 618. The minimum Gasteiger partial charge on any atom is -0.362 e. The lowest BCUT2D eigenvalue weighted by Gasteiger charge is -2.07. The van der Waals surface area contributed by atoms with Gasteiger partial charge in [0, 0.05) is 12.6 Å². The molecule has 1 amide bonds. The molecule has 1 aromatic heterocycles. The van der Waals surface area contributed by atoms with Crippen molar-refractivity contribution in [1.82, 2.24) is 21.2 Å². The lowest BCUT2D eigenvalue weighted by Crippen LogP contribution is -2.46. The Balaban J connectivity index is 1.91. The van der Waals surface area contributed by atoms with Crippen molar-refractivity contribution in [2.75, 3.05) is 6.54 Å². The van der Waals surface area contributed by atoms with Crippen LogP contribution in [0.15, 0.2) is 30.3 Å². The van der Waals surface area contributed by atoms with E-state index < -0.39 is 0 Å². The van der Waals surface area contributed by atoms with Gasteiger partial charge in [-0.15, -0.1) is 11.3 Å². The third-order valence-electron chi connectivity index (χ3n) is 2.32. The van der Waals surface area contributed by atoms with Gasteiger partial charge in [-0.05, 0) is 37.4 Å². The van der Waals surface area contributed by atoms with Gasteiger partial charge < -0.3 is 5.32 Å². The van der Waals surface area contributed by atoms with Crippen molar-refractivity contribution in [2.45, 2.75) is 6.92 Å². The summed E-state index contributed by atoms with van der Waals surface area (Å²) in [6, 6.07) is 7.85. The average Bonchev–Trinajstić information content (AvgIpc) is 2.86. The molecule has 2 aromatic rings. The first-order valence-electron chi connectivity index (χ1n) is 6.06. The molecule has 0 fully saturated rings. The number of thiazole rings is 1. The SMILES string of the molecule is CCNC(=S)NNC(=O)/C=C/c1nc2ccccc2s1. The van der Waals surface area contributed by atoms with Gasteiger partial charge in [-0.1, -0.05) is 12.1 Å². The van der Waals surface area contributed by atoms with Crippen molar-refractivity contribution in [3.8, 4) is 0 Å². The average molecular weight is 306 g/mol. The number of thiocarbonyl (C=S) groups is 1. The fourth-order valence-corrected chi connectivity index (χ4v) is 2.54. The number of carbonyl (C=O) groups excluding carboxylic acids is 1. The van der Waals surface area contributed by atoms with Crippen LogP contribution in [0.2, 0.25) is 0 Å². The van der Waals surface area contributed by atoms with E-state index in [0.29, 0.717) is 11.7 Å². The van der Waals surface area contributed by atoms with Crippen molar-refractivity contribution in [2.24, 2.45) is 0 Å². The number of carbonyl (C=O) groups is 1. The Morgan fingerprint density at radius 3 is 2.95 bits per heavy atom. The number of nitrogens with one attached hydrogen (secondary N) is 3. The van der Waals surface area contributed by atoms with E-state index in [2.05, 4.69) is 21.2 Å². The van der Waals surface area contributed by atoms with Crippen LogP contribution in [-0.4, -0.2) is 22.5 Å². The van der Waals surface area contributed by atoms with Crippen LogP contribution in [0.5, 0.6) is 0 Å². The van der Waals surface area contributed by atoms with Crippen molar-refractivity contribution in [1.29, 1.82) is 0 Å². The zero-order valence-electron chi connectivity index (χ0n) is 10.8. The molecular formula is C13H14N4OS2. The molecule has 0 aliphatic rings. The molecule has 3 N–H and O–H groups in total. The van der Waals surface area contributed by atoms with E-state index in [0.717, 1.165) is 15.2 Å². The van der Waals surface area contributed by atoms with Gasteiger partial charge in [0.2, 0.25) is 0 Å². The predicted octanol–water partition coefficient (Wildman–Crippen LogP) is 1.82. The van der Waals surface area contributed by atoms with E-state index in [1.54, 1.807) is 6.08 Å². The maximum atomic E-state index is 11.6. The first kappa shape index (κ1) is 14.4. The Hall–Kier alpha value is -1.99. The number of aromatic nitrogens is 1.